The van der Waals surface area contributed by atoms with Crippen molar-refractivity contribution in [1.29, 1.82) is 0 Å². The Morgan fingerprint density at radius 3 is 2.54 bits per heavy atom. The Bertz CT molecular complexity index is 679. The number of nitrogens with one attached hydrogen (secondary N) is 1. The molecule has 1 amide bonds. The Morgan fingerprint density at radius 2 is 1.96 bits per heavy atom. The summed E-state index contributed by atoms with van der Waals surface area (Å²) in [4.78, 5) is 24.5. The van der Waals surface area contributed by atoms with E-state index in [-0.39, 0.29) is 18.3 Å². The number of rotatable bonds is 7. The standard InChI is InChI=1S/C18H22N2O4/c1-12(2)9-15(19-17(21)16-10-13(3)20-24-16)18(22)23-11-14-7-5-4-6-8-14/h4-8,10,12,15H,9,11H2,1-3H3,(H,19,21)/t15-/m0/s1. The van der Waals surface area contributed by atoms with E-state index in [0.717, 1.165) is 5.56 Å². The van der Waals surface area contributed by atoms with Crippen LogP contribution in [0.15, 0.2) is 40.9 Å². The number of aryl methyl sites for hydroxylation is 1. The minimum atomic E-state index is -0.730. The summed E-state index contributed by atoms with van der Waals surface area (Å²) in [5, 5.41) is 6.34. The van der Waals surface area contributed by atoms with Crippen molar-refractivity contribution in [2.45, 2.75) is 39.8 Å². The second-order valence-electron chi connectivity index (χ2n) is 6.08. The number of carbonyl (C=O) groups is 2. The van der Waals surface area contributed by atoms with Crippen molar-refractivity contribution in [3.63, 3.8) is 0 Å². The topological polar surface area (TPSA) is 81.4 Å². The third-order valence-electron chi connectivity index (χ3n) is 3.37. The van der Waals surface area contributed by atoms with Gasteiger partial charge in [0, 0.05) is 6.07 Å². The lowest BCUT2D eigenvalue weighted by Crippen LogP contribution is -2.42. The fourth-order valence-electron chi connectivity index (χ4n) is 2.21. The second-order valence-corrected chi connectivity index (χ2v) is 6.08. The van der Waals surface area contributed by atoms with E-state index >= 15 is 0 Å². The number of ether oxygens (including phenoxy) is 1. The van der Waals surface area contributed by atoms with Crippen LogP contribution in [0.2, 0.25) is 0 Å². The SMILES string of the molecule is Cc1cc(C(=O)N[C@@H](CC(C)C)C(=O)OCc2ccccc2)on1. The van der Waals surface area contributed by atoms with E-state index in [9.17, 15) is 9.59 Å². The molecular weight excluding hydrogens is 308 g/mol. The van der Waals surface area contributed by atoms with Crippen LogP contribution in [0.5, 0.6) is 0 Å². The van der Waals surface area contributed by atoms with Gasteiger partial charge in [-0.1, -0.05) is 49.3 Å². The van der Waals surface area contributed by atoms with Crippen molar-refractivity contribution < 1.29 is 18.8 Å². The maximum absolute atomic E-state index is 12.3. The fraction of sp³-hybridized carbons (Fsp3) is 0.389. The van der Waals surface area contributed by atoms with E-state index in [0.29, 0.717) is 12.1 Å². The summed E-state index contributed by atoms with van der Waals surface area (Å²) in [6, 6.07) is 10.2. The number of esters is 1. The van der Waals surface area contributed by atoms with E-state index in [1.165, 1.54) is 6.07 Å². The maximum atomic E-state index is 12.3. The summed E-state index contributed by atoms with van der Waals surface area (Å²) >= 11 is 0. The molecule has 0 spiro atoms. The number of nitrogens with zero attached hydrogens (tertiary/aromatic N) is 1. The normalized spacial score (nSPS) is 12.0. The smallest absolute Gasteiger partial charge is 0.328 e. The van der Waals surface area contributed by atoms with Gasteiger partial charge in [-0.05, 0) is 24.8 Å². The van der Waals surface area contributed by atoms with Gasteiger partial charge in [-0.25, -0.2) is 4.79 Å². The highest BCUT2D eigenvalue weighted by Gasteiger charge is 2.25. The van der Waals surface area contributed by atoms with E-state index < -0.39 is 17.9 Å². The number of carbonyl (C=O) groups excluding carboxylic acids is 2. The van der Waals surface area contributed by atoms with Crippen molar-refractivity contribution in [2.24, 2.45) is 5.92 Å². The van der Waals surface area contributed by atoms with Crippen LogP contribution >= 0.6 is 0 Å². The molecule has 0 aliphatic heterocycles. The first kappa shape index (κ1) is 17.7. The monoisotopic (exact) mass is 330 g/mol. The Hall–Kier alpha value is -2.63. The number of hydrogen-bond donors (Lipinski definition) is 1. The molecule has 0 unspecified atom stereocenters. The van der Waals surface area contributed by atoms with Crippen LogP contribution < -0.4 is 5.32 Å². The first-order valence-electron chi connectivity index (χ1n) is 7.90. The van der Waals surface area contributed by atoms with E-state index in [1.807, 2.05) is 44.2 Å². The predicted molar refractivity (Wildman–Crippen MR) is 88.2 cm³/mol. The fourth-order valence-corrected chi connectivity index (χ4v) is 2.21. The third kappa shape index (κ3) is 5.22. The molecule has 0 fully saturated rings. The van der Waals surface area contributed by atoms with Gasteiger partial charge >= 0.3 is 5.97 Å². The summed E-state index contributed by atoms with van der Waals surface area (Å²) in [7, 11) is 0. The molecule has 1 aromatic carbocycles. The molecule has 128 valence electrons. The zero-order chi connectivity index (χ0) is 17.5. The average molecular weight is 330 g/mol. The van der Waals surface area contributed by atoms with Gasteiger partial charge in [0.2, 0.25) is 5.76 Å². The summed E-state index contributed by atoms with van der Waals surface area (Å²) in [5.74, 6) is -0.636. The molecule has 1 heterocycles. The van der Waals surface area contributed by atoms with Crippen molar-refractivity contribution in [2.75, 3.05) is 0 Å². The Morgan fingerprint density at radius 1 is 1.25 bits per heavy atom. The molecule has 6 nitrogen and oxygen atoms in total. The third-order valence-corrected chi connectivity index (χ3v) is 3.37. The van der Waals surface area contributed by atoms with Crippen LogP contribution in [-0.4, -0.2) is 23.1 Å². The lowest BCUT2D eigenvalue weighted by molar-refractivity contribution is -0.147. The highest BCUT2D eigenvalue weighted by atomic mass is 16.5. The molecule has 0 aliphatic rings. The van der Waals surface area contributed by atoms with Crippen molar-refractivity contribution in [3.05, 3.63) is 53.4 Å². The summed E-state index contributed by atoms with van der Waals surface area (Å²) < 4.78 is 10.3. The van der Waals surface area contributed by atoms with Gasteiger partial charge in [0.15, 0.2) is 0 Å². The van der Waals surface area contributed by atoms with Crippen LogP contribution in [0.3, 0.4) is 0 Å². The predicted octanol–water partition coefficient (Wildman–Crippen LogP) is 2.87. The molecular formula is C18H22N2O4. The van der Waals surface area contributed by atoms with E-state index in [1.54, 1.807) is 6.92 Å². The lowest BCUT2D eigenvalue weighted by Gasteiger charge is -2.18. The molecule has 0 aliphatic carbocycles. The minimum Gasteiger partial charge on any atom is -0.459 e. The number of benzene rings is 1. The summed E-state index contributed by atoms with van der Waals surface area (Å²) in [6.07, 6.45) is 0.479. The highest BCUT2D eigenvalue weighted by molar-refractivity contribution is 5.94. The van der Waals surface area contributed by atoms with E-state index in [2.05, 4.69) is 10.5 Å². The molecule has 0 saturated heterocycles. The van der Waals surface area contributed by atoms with Crippen molar-refractivity contribution in [3.8, 4) is 0 Å². The molecule has 0 saturated carbocycles. The molecule has 24 heavy (non-hydrogen) atoms. The number of aromatic nitrogens is 1. The quantitative estimate of drug-likeness (QED) is 0.790. The Balaban J connectivity index is 1.98. The summed E-state index contributed by atoms with van der Waals surface area (Å²) in [5.41, 5.74) is 1.50. The van der Waals surface area contributed by atoms with Gasteiger partial charge in [-0.3, -0.25) is 4.79 Å². The summed E-state index contributed by atoms with van der Waals surface area (Å²) in [6.45, 7) is 5.84. The Kier molecular flexibility index (Phi) is 6.12. The van der Waals surface area contributed by atoms with Crippen LogP contribution in [0.25, 0.3) is 0 Å². The average Bonchev–Trinajstić information content (AvgIpc) is 2.99. The Labute approximate surface area is 141 Å². The van der Waals surface area contributed by atoms with Crippen molar-refractivity contribution >= 4 is 11.9 Å². The first-order valence-corrected chi connectivity index (χ1v) is 7.90. The molecule has 0 bridgehead atoms. The molecule has 2 rings (SSSR count). The largest absolute Gasteiger partial charge is 0.459 e. The van der Waals surface area contributed by atoms with Gasteiger partial charge < -0.3 is 14.6 Å². The van der Waals surface area contributed by atoms with Gasteiger partial charge in [0.25, 0.3) is 5.91 Å². The van der Waals surface area contributed by atoms with Gasteiger partial charge in [0.05, 0.1) is 5.69 Å². The van der Waals surface area contributed by atoms with Crippen LogP contribution in [0.4, 0.5) is 0 Å². The van der Waals surface area contributed by atoms with Crippen LogP contribution in [0, 0.1) is 12.8 Å². The van der Waals surface area contributed by atoms with Crippen molar-refractivity contribution in [1.82, 2.24) is 10.5 Å². The molecule has 1 atom stereocenters. The highest BCUT2D eigenvalue weighted by Crippen LogP contribution is 2.10. The lowest BCUT2D eigenvalue weighted by atomic mass is 10.0. The number of amides is 1. The van der Waals surface area contributed by atoms with Gasteiger partial charge in [0.1, 0.15) is 12.6 Å². The van der Waals surface area contributed by atoms with Crippen LogP contribution in [0.1, 0.15) is 42.1 Å². The molecule has 6 heteroatoms. The van der Waals surface area contributed by atoms with Gasteiger partial charge in [-0.2, -0.15) is 0 Å². The molecule has 0 radical (unpaired) electrons. The first-order chi connectivity index (χ1) is 11.5. The molecule has 1 N–H and O–H groups in total. The zero-order valence-electron chi connectivity index (χ0n) is 14.1. The van der Waals surface area contributed by atoms with E-state index in [4.69, 9.17) is 9.26 Å². The zero-order valence-corrected chi connectivity index (χ0v) is 14.1. The maximum Gasteiger partial charge on any atom is 0.328 e. The van der Waals surface area contributed by atoms with Crippen LogP contribution in [-0.2, 0) is 16.1 Å². The van der Waals surface area contributed by atoms with Gasteiger partial charge in [-0.15, -0.1) is 0 Å². The minimum absolute atomic E-state index is 0.0807. The molecule has 2 aromatic rings. The number of hydrogen-bond acceptors (Lipinski definition) is 5. The molecule has 1 aromatic heterocycles. The second kappa shape index (κ2) is 8.29.